The summed E-state index contributed by atoms with van der Waals surface area (Å²) >= 11 is 0. The Morgan fingerprint density at radius 3 is 3.55 bits per heavy atom. The summed E-state index contributed by atoms with van der Waals surface area (Å²) in [5.74, 6) is 0. The Labute approximate surface area is 64.7 Å². The molecule has 0 saturated heterocycles. The summed E-state index contributed by atoms with van der Waals surface area (Å²) in [7, 11) is 0. The maximum atomic E-state index is 5.83. The summed E-state index contributed by atoms with van der Waals surface area (Å²) in [5, 5.41) is 7.10. The van der Waals surface area contributed by atoms with Crippen LogP contribution in [0.25, 0.3) is 0 Å². The lowest BCUT2D eigenvalue weighted by Gasteiger charge is -2.05. The molecule has 1 atom stereocenters. The van der Waals surface area contributed by atoms with Crippen molar-refractivity contribution in [3.8, 4) is 0 Å². The first-order valence-electron chi connectivity index (χ1n) is 3.77. The molecule has 3 N–H and O–H groups in total. The average Bonchev–Trinajstić information content (AvgIpc) is 2.40. The van der Waals surface area contributed by atoms with Crippen LogP contribution in [0.3, 0.4) is 0 Å². The molecule has 4 heteroatoms. The molecule has 0 amide bonds. The van der Waals surface area contributed by atoms with Gasteiger partial charge in [0.25, 0.3) is 0 Å². The Morgan fingerprint density at radius 2 is 2.64 bits per heavy atom. The number of nitrogens with zero attached hydrogens (tertiary/aromatic N) is 1. The predicted octanol–water partition coefficient (Wildman–Crippen LogP) is -0.180. The van der Waals surface area contributed by atoms with Gasteiger partial charge in [-0.05, 0) is 0 Å². The molecule has 1 aliphatic rings. The van der Waals surface area contributed by atoms with Crippen LogP contribution in [-0.4, -0.2) is 18.2 Å². The van der Waals surface area contributed by atoms with E-state index in [4.69, 9.17) is 10.3 Å². The number of nitrogens with two attached hydrogens (primary N) is 1. The van der Waals surface area contributed by atoms with Crippen molar-refractivity contribution in [1.82, 2.24) is 10.5 Å². The molecule has 11 heavy (non-hydrogen) atoms. The Morgan fingerprint density at radius 1 is 1.73 bits per heavy atom. The first kappa shape index (κ1) is 6.82. The minimum absolute atomic E-state index is 0.0405. The third-order valence-corrected chi connectivity index (χ3v) is 1.98. The van der Waals surface area contributed by atoms with E-state index in [2.05, 4.69) is 10.5 Å². The molecule has 0 saturated carbocycles. The monoisotopic (exact) mass is 153 g/mol. The number of aromatic nitrogens is 1. The predicted molar refractivity (Wildman–Crippen MR) is 40.0 cm³/mol. The van der Waals surface area contributed by atoms with Crippen molar-refractivity contribution < 1.29 is 4.52 Å². The zero-order valence-electron chi connectivity index (χ0n) is 6.21. The highest BCUT2D eigenvalue weighted by Gasteiger charge is 2.17. The van der Waals surface area contributed by atoms with Crippen LogP contribution in [0.5, 0.6) is 0 Å². The van der Waals surface area contributed by atoms with Gasteiger partial charge in [-0.25, -0.2) is 0 Å². The standard InChI is InChI=1S/C7H11N3O/c8-6-3-9-2-1-7-5(6)4-11-10-7/h4,6,9H,1-3,8H2. The van der Waals surface area contributed by atoms with E-state index < -0.39 is 0 Å². The summed E-state index contributed by atoms with van der Waals surface area (Å²) in [4.78, 5) is 0. The molecule has 1 aliphatic heterocycles. The van der Waals surface area contributed by atoms with Gasteiger partial charge in [0.2, 0.25) is 0 Å². The van der Waals surface area contributed by atoms with Gasteiger partial charge in [0.05, 0.1) is 5.69 Å². The quantitative estimate of drug-likeness (QED) is 0.542. The van der Waals surface area contributed by atoms with Crippen molar-refractivity contribution in [3.63, 3.8) is 0 Å². The second kappa shape index (κ2) is 2.64. The number of hydrogen-bond donors (Lipinski definition) is 2. The van der Waals surface area contributed by atoms with E-state index in [1.165, 1.54) is 0 Å². The van der Waals surface area contributed by atoms with E-state index in [-0.39, 0.29) is 6.04 Å². The minimum atomic E-state index is 0.0405. The maximum absolute atomic E-state index is 5.83. The number of nitrogens with one attached hydrogen (secondary N) is 1. The van der Waals surface area contributed by atoms with Gasteiger partial charge >= 0.3 is 0 Å². The van der Waals surface area contributed by atoms with Crippen LogP contribution in [0, 0.1) is 0 Å². The molecule has 4 nitrogen and oxygen atoms in total. The second-order valence-corrected chi connectivity index (χ2v) is 2.78. The van der Waals surface area contributed by atoms with Crippen LogP contribution in [0.1, 0.15) is 17.3 Å². The average molecular weight is 153 g/mol. The Kier molecular flexibility index (Phi) is 1.63. The number of hydrogen-bond acceptors (Lipinski definition) is 4. The van der Waals surface area contributed by atoms with Gasteiger partial charge in [-0.3, -0.25) is 0 Å². The lowest BCUT2D eigenvalue weighted by Crippen LogP contribution is -2.25. The molecule has 1 unspecified atom stereocenters. The third kappa shape index (κ3) is 1.15. The van der Waals surface area contributed by atoms with Gasteiger partial charge in [0.1, 0.15) is 6.26 Å². The van der Waals surface area contributed by atoms with Crippen molar-refractivity contribution in [2.24, 2.45) is 5.73 Å². The number of rotatable bonds is 0. The Bertz CT molecular complexity index is 246. The fourth-order valence-corrected chi connectivity index (χ4v) is 1.33. The highest BCUT2D eigenvalue weighted by molar-refractivity contribution is 5.20. The zero-order chi connectivity index (χ0) is 7.68. The van der Waals surface area contributed by atoms with Gasteiger partial charge in [0.15, 0.2) is 0 Å². The summed E-state index contributed by atoms with van der Waals surface area (Å²) in [6.07, 6.45) is 2.56. The Balaban J connectivity index is 2.34. The third-order valence-electron chi connectivity index (χ3n) is 1.98. The molecular weight excluding hydrogens is 142 g/mol. The van der Waals surface area contributed by atoms with Gasteiger partial charge in [0, 0.05) is 31.1 Å². The number of fused-ring (bicyclic) bond motifs is 1. The fraction of sp³-hybridized carbons (Fsp3) is 0.571. The molecule has 0 fully saturated rings. The second-order valence-electron chi connectivity index (χ2n) is 2.78. The van der Waals surface area contributed by atoms with Crippen LogP contribution in [0.2, 0.25) is 0 Å². The first-order valence-corrected chi connectivity index (χ1v) is 3.77. The highest BCUT2D eigenvalue weighted by Crippen LogP contribution is 2.16. The molecule has 1 aromatic heterocycles. The van der Waals surface area contributed by atoms with Crippen molar-refractivity contribution in [1.29, 1.82) is 0 Å². The molecular formula is C7H11N3O. The lowest BCUT2D eigenvalue weighted by molar-refractivity contribution is 0.408. The van der Waals surface area contributed by atoms with E-state index in [0.717, 1.165) is 30.8 Å². The van der Waals surface area contributed by atoms with Crippen LogP contribution in [0.15, 0.2) is 10.8 Å². The normalized spacial score (nSPS) is 24.3. The van der Waals surface area contributed by atoms with Gasteiger partial charge < -0.3 is 15.6 Å². The van der Waals surface area contributed by atoms with E-state index in [1.54, 1.807) is 6.26 Å². The molecule has 60 valence electrons. The van der Waals surface area contributed by atoms with Crippen molar-refractivity contribution in [2.75, 3.05) is 13.1 Å². The first-order chi connectivity index (χ1) is 5.38. The fourth-order valence-electron chi connectivity index (χ4n) is 1.33. The summed E-state index contributed by atoms with van der Waals surface area (Å²) in [6, 6.07) is 0.0405. The molecule has 2 rings (SSSR count). The topological polar surface area (TPSA) is 64.1 Å². The van der Waals surface area contributed by atoms with Crippen LogP contribution in [0.4, 0.5) is 0 Å². The molecule has 0 aromatic carbocycles. The smallest absolute Gasteiger partial charge is 0.128 e. The lowest BCUT2D eigenvalue weighted by atomic mass is 10.1. The van der Waals surface area contributed by atoms with Gasteiger partial charge in [-0.2, -0.15) is 0 Å². The van der Waals surface area contributed by atoms with E-state index >= 15 is 0 Å². The van der Waals surface area contributed by atoms with Crippen molar-refractivity contribution in [3.05, 3.63) is 17.5 Å². The maximum Gasteiger partial charge on any atom is 0.128 e. The van der Waals surface area contributed by atoms with Crippen LogP contribution < -0.4 is 11.1 Å². The SMILES string of the molecule is NC1CNCCc2nocc21. The van der Waals surface area contributed by atoms with E-state index in [9.17, 15) is 0 Å². The minimum Gasteiger partial charge on any atom is -0.364 e. The molecule has 2 heterocycles. The summed E-state index contributed by atoms with van der Waals surface area (Å²) in [6.45, 7) is 1.75. The zero-order valence-corrected chi connectivity index (χ0v) is 6.21. The summed E-state index contributed by atoms with van der Waals surface area (Å²) < 4.78 is 4.84. The van der Waals surface area contributed by atoms with Gasteiger partial charge in [-0.1, -0.05) is 5.16 Å². The molecule has 1 aromatic rings. The van der Waals surface area contributed by atoms with Gasteiger partial charge in [-0.15, -0.1) is 0 Å². The van der Waals surface area contributed by atoms with Crippen molar-refractivity contribution in [2.45, 2.75) is 12.5 Å². The van der Waals surface area contributed by atoms with Crippen LogP contribution >= 0.6 is 0 Å². The largest absolute Gasteiger partial charge is 0.364 e. The molecule has 0 aliphatic carbocycles. The summed E-state index contributed by atoms with van der Waals surface area (Å²) in [5.41, 5.74) is 7.88. The Hall–Kier alpha value is -0.870. The molecule has 0 bridgehead atoms. The van der Waals surface area contributed by atoms with Crippen molar-refractivity contribution >= 4 is 0 Å². The molecule has 0 spiro atoms. The van der Waals surface area contributed by atoms with Crippen LogP contribution in [-0.2, 0) is 6.42 Å². The van der Waals surface area contributed by atoms with E-state index in [1.807, 2.05) is 0 Å². The van der Waals surface area contributed by atoms with E-state index in [0.29, 0.717) is 0 Å². The molecule has 0 radical (unpaired) electrons. The highest BCUT2D eigenvalue weighted by atomic mass is 16.5.